The lowest BCUT2D eigenvalue weighted by Gasteiger charge is -2.29. The number of Topliss-reactive ketones (excluding diaryl/α,β-unsaturated/α-hetero) is 1. The van der Waals surface area contributed by atoms with E-state index in [9.17, 15) is 13.2 Å². The van der Waals surface area contributed by atoms with Gasteiger partial charge in [0.05, 0.1) is 0 Å². The molecule has 5 nitrogen and oxygen atoms in total. The van der Waals surface area contributed by atoms with E-state index in [1.807, 2.05) is 4.40 Å². The Morgan fingerprint density at radius 1 is 1.48 bits per heavy atom. The number of imidazole rings is 1. The average molecular weight is 326 g/mol. The monoisotopic (exact) mass is 326 g/mol. The van der Waals surface area contributed by atoms with Gasteiger partial charge >= 0.3 is 0 Å². The summed E-state index contributed by atoms with van der Waals surface area (Å²) in [6.07, 6.45) is 5.91. The molecular weight excluding hydrogens is 308 g/mol. The molecule has 0 atom stereocenters. The first-order chi connectivity index (χ1) is 9.65. The molecule has 21 heavy (non-hydrogen) atoms. The van der Waals surface area contributed by atoms with E-state index in [0.717, 1.165) is 30.5 Å². The van der Waals surface area contributed by atoms with Crippen molar-refractivity contribution < 1.29 is 13.2 Å². The summed E-state index contributed by atoms with van der Waals surface area (Å²) in [5.74, 6) is -0.914. The first-order valence-corrected chi connectivity index (χ1v) is 9.73. The Hall–Kier alpha value is -1.21. The minimum Gasteiger partial charge on any atom is -0.294 e. The van der Waals surface area contributed by atoms with Crippen molar-refractivity contribution in [2.75, 3.05) is 12.0 Å². The third-order valence-electron chi connectivity index (χ3n) is 3.85. The van der Waals surface area contributed by atoms with E-state index in [2.05, 4.69) is 18.8 Å². The molecule has 2 aromatic rings. The lowest BCUT2D eigenvalue weighted by molar-refractivity contribution is 0.101. The number of carbonyl (C=O) groups is 1. The van der Waals surface area contributed by atoms with E-state index in [-0.39, 0.29) is 11.1 Å². The Labute approximate surface area is 127 Å². The van der Waals surface area contributed by atoms with E-state index >= 15 is 0 Å². The van der Waals surface area contributed by atoms with Crippen LogP contribution in [0, 0.1) is 5.41 Å². The molecule has 0 unspecified atom stereocenters. The van der Waals surface area contributed by atoms with Crippen molar-refractivity contribution in [2.24, 2.45) is 5.41 Å². The second kappa shape index (κ2) is 4.64. The molecule has 0 radical (unpaired) electrons. The lowest BCUT2D eigenvalue weighted by atomic mass is 9.79. The Morgan fingerprint density at radius 3 is 2.86 bits per heavy atom. The smallest absolute Gasteiger partial charge is 0.197 e. The summed E-state index contributed by atoms with van der Waals surface area (Å²) in [4.78, 5) is 18.4. The zero-order chi connectivity index (χ0) is 15.4. The van der Waals surface area contributed by atoms with Gasteiger partial charge in [0, 0.05) is 23.0 Å². The third-order valence-corrected chi connectivity index (χ3v) is 5.80. The van der Waals surface area contributed by atoms with Gasteiger partial charge in [-0.15, -0.1) is 11.3 Å². The lowest BCUT2D eigenvalue weighted by Crippen LogP contribution is -2.22. The van der Waals surface area contributed by atoms with Crippen LogP contribution in [0.3, 0.4) is 0 Å². The van der Waals surface area contributed by atoms with E-state index in [1.54, 1.807) is 17.5 Å². The standard InChI is InChI=1S/C14H18N2O3S2/c1-14(2)5-4-12-10(6-14)16-7-9(15-13(16)20-12)11(17)8-21(3,18)19/h7H,4-6,8H2,1-3H3. The largest absolute Gasteiger partial charge is 0.294 e. The number of thiazole rings is 1. The number of aryl methyl sites for hydroxylation is 1. The van der Waals surface area contributed by atoms with Gasteiger partial charge in [-0.05, 0) is 24.7 Å². The normalized spacial score (nSPS) is 17.9. The maximum absolute atomic E-state index is 12.0. The van der Waals surface area contributed by atoms with Crippen LogP contribution in [0.4, 0.5) is 0 Å². The Kier molecular flexibility index (Phi) is 3.25. The quantitative estimate of drug-likeness (QED) is 0.810. The maximum atomic E-state index is 12.0. The maximum Gasteiger partial charge on any atom is 0.197 e. The highest BCUT2D eigenvalue weighted by Crippen LogP contribution is 2.38. The van der Waals surface area contributed by atoms with E-state index in [1.165, 1.54) is 10.6 Å². The molecule has 1 aliphatic carbocycles. The Balaban J connectivity index is 1.99. The highest BCUT2D eigenvalue weighted by Gasteiger charge is 2.29. The van der Waals surface area contributed by atoms with Gasteiger partial charge in [0.25, 0.3) is 0 Å². The average Bonchev–Trinajstić information content (AvgIpc) is 2.84. The van der Waals surface area contributed by atoms with Gasteiger partial charge in [-0.25, -0.2) is 13.4 Å². The summed E-state index contributed by atoms with van der Waals surface area (Å²) in [6.45, 7) is 4.48. The predicted octanol–water partition coefficient (Wildman–Crippen LogP) is 2.14. The van der Waals surface area contributed by atoms with Crippen molar-refractivity contribution in [2.45, 2.75) is 33.1 Å². The Morgan fingerprint density at radius 2 is 2.19 bits per heavy atom. The molecule has 0 aliphatic heterocycles. The molecule has 2 aromatic heterocycles. The molecule has 2 heterocycles. The number of rotatable bonds is 3. The fourth-order valence-corrected chi connectivity index (χ4v) is 4.49. The summed E-state index contributed by atoms with van der Waals surface area (Å²) in [6, 6.07) is 0. The van der Waals surface area contributed by atoms with Gasteiger partial charge in [-0.1, -0.05) is 13.8 Å². The highest BCUT2D eigenvalue weighted by atomic mass is 32.2. The number of hydrogen-bond acceptors (Lipinski definition) is 5. The molecule has 0 aromatic carbocycles. The minimum absolute atomic E-state index is 0.248. The number of nitrogens with zero attached hydrogens (tertiary/aromatic N) is 2. The topological polar surface area (TPSA) is 68.5 Å². The number of hydrogen-bond donors (Lipinski definition) is 0. The molecule has 114 valence electrons. The van der Waals surface area contributed by atoms with Gasteiger partial charge < -0.3 is 0 Å². The predicted molar refractivity (Wildman–Crippen MR) is 82.9 cm³/mol. The summed E-state index contributed by atoms with van der Waals surface area (Å²) in [7, 11) is -3.32. The highest BCUT2D eigenvalue weighted by molar-refractivity contribution is 7.91. The second-order valence-corrected chi connectivity index (χ2v) is 9.79. The fraction of sp³-hybridized carbons (Fsp3) is 0.571. The molecule has 0 saturated carbocycles. The second-order valence-electron chi connectivity index (χ2n) is 6.58. The molecule has 1 aliphatic rings. The summed E-state index contributed by atoms with van der Waals surface area (Å²) < 4.78 is 24.4. The van der Waals surface area contributed by atoms with Crippen molar-refractivity contribution in [3.63, 3.8) is 0 Å². The van der Waals surface area contributed by atoms with Crippen LogP contribution in [0.2, 0.25) is 0 Å². The van der Waals surface area contributed by atoms with Crippen LogP contribution in [0.25, 0.3) is 4.96 Å². The number of aromatic nitrogens is 2. The van der Waals surface area contributed by atoms with Crippen molar-refractivity contribution in [3.8, 4) is 0 Å². The molecule has 0 N–H and O–H groups in total. The first-order valence-electron chi connectivity index (χ1n) is 6.85. The van der Waals surface area contributed by atoms with Gasteiger partial charge in [-0.2, -0.15) is 0 Å². The molecule has 0 bridgehead atoms. The molecule has 0 amide bonds. The van der Waals surface area contributed by atoms with Crippen LogP contribution in [-0.4, -0.2) is 35.6 Å². The van der Waals surface area contributed by atoms with E-state index in [4.69, 9.17) is 0 Å². The Bertz CT molecular complexity index is 828. The molecule has 7 heteroatoms. The summed E-state index contributed by atoms with van der Waals surface area (Å²) >= 11 is 1.61. The number of carbonyl (C=O) groups excluding carboxylic acids is 1. The summed E-state index contributed by atoms with van der Waals surface area (Å²) in [5, 5.41) is 0. The van der Waals surface area contributed by atoms with Gasteiger partial charge in [0.2, 0.25) is 0 Å². The molecule has 0 saturated heterocycles. The number of fused-ring (bicyclic) bond motifs is 3. The number of ketones is 1. The van der Waals surface area contributed by atoms with Crippen LogP contribution in [-0.2, 0) is 22.7 Å². The van der Waals surface area contributed by atoms with Gasteiger partial charge in [0.15, 0.2) is 20.6 Å². The van der Waals surface area contributed by atoms with Crippen LogP contribution in [0.15, 0.2) is 6.20 Å². The van der Waals surface area contributed by atoms with E-state index < -0.39 is 21.4 Å². The number of sulfone groups is 1. The van der Waals surface area contributed by atoms with E-state index in [0.29, 0.717) is 0 Å². The molecule has 0 fully saturated rings. The zero-order valence-electron chi connectivity index (χ0n) is 12.3. The zero-order valence-corrected chi connectivity index (χ0v) is 14.0. The van der Waals surface area contributed by atoms with Gasteiger partial charge in [0.1, 0.15) is 11.4 Å². The fourth-order valence-electron chi connectivity index (χ4n) is 2.75. The van der Waals surface area contributed by atoms with Crippen LogP contribution < -0.4 is 0 Å². The first kappa shape index (κ1) is 14.7. The van der Waals surface area contributed by atoms with Crippen LogP contribution in [0.5, 0.6) is 0 Å². The van der Waals surface area contributed by atoms with Crippen molar-refractivity contribution in [1.82, 2.24) is 9.38 Å². The van der Waals surface area contributed by atoms with Crippen LogP contribution in [0.1, 0.15) is 41.3 Å². The van der Waals surface area contributed by atoms with Crippen molar-refractivity contribution in [3.05, 3.63) is 22.5 Å². The van der Waals surface area contributed by atoms with Crippen molar-refractivity contribution in [1.29, 1.82) is 0 Å². The van der Waals surface area contributed by atoms with Crippen molar-refractivity contribution >= 4 is 31.9 Å². The van der Waals surface area contributed by atoms with Crippen LogP contribution >= 0.6 is 11.3 Å². The minimum atomic E-state index is -3.32. The molecular formula is C14H18N2O3S2. The molecule has 3 rings (SSSR count). The van der Waals surface area contributed by atoms with Gasteiger partial charge in [-0.3, -0.25) is 9.20 Å². The summed E-state index contributed by atoms with van der Waals surface area (Å²) in [5.41, 5.74) is 1.72. The molecule has 0 spiro atoms. The third kappa shape index (κ3) is 2.89. The SMILES string of the molecule is CC1(C)CCc2sc3nc(C(=O)CS(C)(=O)=O)cn3c2C1.